The molecule has 0 aliphatic rings. The molecule has 2 rings (SSSR count). The quantitative estimate of drug-likeness (QED) is 0.687. The van der Waals surface area contributed by atoms with E-state index in [-0.39, 0.29) is 34.5 Å². The number of nitrogens with one attached hydrogen (secondary N) is 1. The first kappa shape index (κ1) is 21.1. The van der Waals surface area contributed by atoms with Crippen LogP contribution >= 0.6 is 0 Å². The van der Waals surface area contributed by atoms with Gasteiger partial charge in [-0.1, -0.05) is 0 Å². The number of halogens is 2. The second kappa shape index (κ2) is 9.16. The van der Waals surface area contributed by atoms with Crippen molar-refractivity contribution in [3.05, 3.63) is 35.7 Å². The van der Waals surface area contributed by atoms with Crippen molar-refractivity contribution in [2.24, 2.45) is 0 Å². The molecule has 152 valence electrons. The van der Waals surface area contributed by atoms with E-state index in [1.807, 2.05) is 6.92 Å². The highest BCUT2D eigenvalue weighted by atomic mass is 19.3. The van der Waals surface area contributed by atoms with Crippen molar-refractivity contribution < 1.29 is 32.6 Å². The van der Waals surface area contributed by atoms with Crippen LogP contribution in [0.2, 0.25) is 0 Å². The lowest BCUT2D eigenvalue weighted by molar-refractivity contribution is -0.0512. The molecule has 1 heterocycles. The summed E-state index contributed by atoms with van der Waals surface area (Å²) in [5, 5.41) is 6.69. The zero-order chi connectivity index (χ0) is 20.8. The van der Waals surface area contributed by atoms with Crippen LogP contribution in [0.1, 0.15) is 41.6 Å². The molecule has 8 nitrogen and oxygen atoms in total. The molecule has 28 heavy (non-hydrogen) atoms. The number of nitrogens with zero attached hydrogens (tertiary/aromatic N) is 2. The van der Waals surface area contributed by atoms with Crippen LogP contribution in [0.25, 0.3) is 0 Å². The van der Waals surface area contributed by atoms with Gasteiger partial charge in [0, 0.05) is 18.3 Å². The molecule has 1 amide bonds. The number of carbonyl (C=O) groups is 2. The van der Waals surface area contributed by atoms with E-state index in [0.29, 0.717) is 6.54 Å². The van der Waals surface area contributed by atoms with Gasteiger partial charge in [-0.05, 0) is 39.0 Å². The minimum atomic E-state index is -3.03. The Morgan fingerprint density at radius 1 is 1.25 bits per heavy atom. The van der Waals surface area contributed by atoms with Crippen molar-refractivity contribution in [2.45, 2.75) is 40.0 Å². The molecule has 0 fully saturated rings. The lowest BCUT2D eigenvalue weighted by atomic mass is 10.2. The number of alkyl halides is 2. The van der Waals surface area contributed by atoms with E-state index in [9.17, 15) is 18.4 Å². The number of amides is 1. The molecule has 0 aliphatic carbocycles. The topological polar surface area (TPSA) is 91.7 Å². The first-order valence-electron chi connectivity index (χ1n) is 8.47. The van der Waals surface area contributed by atoms with Crippen molar-refractivity contribution in [1.29, 1.82) is 0 Å². The van der Waals surface area contributed by atoms with Gasteiger partial charge in [0.2, 0.25) is 0 Å². The summed E-state index contributed by atoms with van der Waals surface area (Å²) in [7, 11) is 1.26. The highest BCUT2D eigenvalue weighted by molar-refractivity contribution is 6.07. The van der Waals surface area contributed by atoms with Gasteiger partial charge in [0.05, 0.1) is 18.9 Å². The van der Waals surface area contributed by atoms with Gasteiger partial charge in [0.1, 0.15) is 0 Å². The summed E-state index contributed by atoms with van der Waals surface area (Å²) in [5.74, 6) is -1.49. The standard InChI is InChI=1S/C18H21F2N3O5/c1-5-23-9-12(15(22-23)17(25)27-10(2)3)21-16(24)11-6-7-13(28-18(19)20)14(8-11)26-4/h6-10,18H,5H2,1-4H3,(H,21,24). The van der Waals surface area contributed by atoms with Gasteiger partial charge < -0.3 is 19.5 Å². The summed E-state index contributed by atoms with van der Waals surface area (Å²) >= 11 is 0. The molecule has 1 aromatic heterocycles. The van der Waals surface area contributed by atoms with Crippen molar-refractivity contribution in [3.8, 4) is 11.5 Å². The number of hydrogen-bond donors (Lipinski definition) is 1. The third-order valence-electron chi connectivity index (χ3n) is 3.51. The van der Waals surface area contributed by atoms with Gasteiger partial charge in [-0.25, -0.2) is 4.79 Å². The summed E-state index contributed by atoms with van der Waals surface area (Å²) in [6, 6.07) is 3.75. The molecule has 0 bridgehead atoms. The summed E-state index contributed by atoms with van der Waals surface area (Å²) in [5.41, 5.74) is 0.254. The van der Waals surface area contributed by atoms with Crippen molar-refractivity contribution >= 4 is 17.6 Å². The molecule has 10 heteroatoms. The maximum absolute atomic E-state index is 12.6. The monoisotopic (exact) mass is 397 g/mol. The molecule has 0 radical (unpaired) electrons. The fourth-order valence-corrected chi connectivity index (χ4v) is 2.29. The molecule has 0 atom stereocenters. The van der Waals surface area contributed by atoms with Crippen LogP contribution in [0.4, 0.5) is 14.5 Å². The van der Waals surface area contributed by atoms with Crippen LogP contribution in [0.5, 0.6) is 11.5 Å². The summed E-state index contributed by atoms with van der Waals surface area (Å²) in [6.07, 6.45) is 1.15. The lowest BCUT2D eigenvalue weighted by Crippen LogP contribution is -2.17. The fraction of sp³-hybridized carbons (Fsp3) is 0.389. The Hall–Kier alpha value is -3.17. The molecule has 0 saturated heterocycles. The molecule has 2 aromatic rings. The number of hydrogen-bond acceptors (Lipinski definition) is 6. The number of aromatic nitrogens is 2. The maximum Gasteiger partial charge on any atom is 0.387 e. The van der Waals surface area contributed by atoms with E-state index in [4.69, 9.17) is 9.47 Å². The van der Waals surface area contributed by atoms with Crippen LogP contribution in [0, 0.1) is 0 Å². The number of carbonyl (C=O) groups excluding carboxylic acids is 2. The molecular weight excluding hydrogens is 376 g/mol. The number of aryl methyl sites for hydroxylation is 1. The van der Waals surface area contributed by atoms with E-state index in [0.717, 1.165) is 0 Å². The van der Waals surface area contributed by atoms with Gasteiger partial charge in [-0.15, -0.1) is 0 Å². The largest absolute Gasteiger partial charge is 0.493 e. The molecule has 1 aromatic carbocycles. The Bertz CT molecular complexity index is 852. The van der Waals surface area contributed by atoms with Gasteiger partial charge >= 0.3 is 12.6 Å². The van der Waals surface area contributed by atoms with E-state index in [2.05, 4.69) is 15.2 Å². The smallest absolute Gasteiger partial charge is 0.387 e. The number of benzene rings is 1. The number of ether oxygens (including phenoxy) is 3. The average molecular weight is 397 g/mol. The summed E-state index contributed by atoms with van der Waals surface area (Å²) < 4.78 is 40.8. The van der Waals surface area contributed by atoms with Gasteiger partial charge in [-0.2, -0.15) is 13.9 Å². The number of esters is 1. The first-order valence-corrected chi connectivity index (χ1v) is 8.47. The average Bonchev–Trinajstić information content (AvgIpc) is 3.04. The van der Waals surface area contributed by atoms with E-state index < -0.39 is 18.5 Å². The van der Waals surface area contributed by atoms with Crippen LogP contribution in [-0.2, 0) is 11.3 Å². The van der Waals surface area contributed by atoms with Crippen LogP contribution in [0.3, 0.4) is 0 Å². The fourth-order valence-electron chi connectivity index (χ4n) is 2.29. The minimum Gasteiger partial charge on any atom is -0.493 e. The predicted molar refractivity (Wildman–Crippen MR) is 96.0 cm³/mol. The van der Waals surface area contributed by atoms with Crippen molar-refractivity contribution in [3.63, 3.8) is 0 Å². The lowest BCUT2D eigenvalue weighted by Gasteiger charge is -2.11. The Labute approximate surface area is 160 Å². The number of anilines is 1. The Balaban J connectivity index is 2.27. The third-order valence-corrected chi connectivity index (χ3v) is 3.51. The van der Waals surface area contributed by atoms with E-state index in [1.165, 1.54) is 36.2 Å². The highest BCUT2D eigenvalue weighted by Gasteiger charge is 2.22. The molecule has 0 spiro atoms. The minimum absolute atomic E-state index is 0.0309. The molecule has 0 unspecified atom stereocenters. The maximum atomic E-state index is 12.6. The van der Waals surface area contributed by atoms with Gasteiger partial charge in [0.15, 0.2) is 17.2 Å². The summed E-state index contributed by atoms with van der Waals surface area (Å²) in [4.78, 5) is 24.8. The number of methoxy groups -OCH3 is 1. The van der Waals surface area contributed by atoms with Crippen LogP contribution in [-0.4, -0.2) is 41.5 Å². The Kier molecular flexibility index (Phi) is 6.91. The SMILES string of the molecule is CCn1cc(NC(=O)c2ccc(OC(F)F)c(OC)c2)c(C(=O)OC(C)C)n1. The molecular formula is C18H21F2N3O5. The van der Waals surface area contributed by atoms with Crippen LogP contribution < -0.4 is 14.8 Å². The Morgan fingerprint density at radius 3 is 2.54 bits per heavy atom. The van der Waals surface area contributed by atoms with E-state index in [1.54, 1.807) is 13.8 Å². The molecule has 0 aliphatic heterocycles. The third kappa shape index (κ3) is 5.18. The zero-order valence-corrected chi connectivity index (χ0v) is 15.9. The second-order valence-electron chi connectivity index (χ2n) is 5.90. The normalized spacial score (nSPS) is 10.9. The van der Waals surface area contributed by atoms with Crippen molar-refractivity contribution in [2.75, 3.05) is 12.4 Å². The van der Waals surface area contributed by atoms with Crippen LogP contribution in [0.15, 0.2) is 24.4 Å². The second-order valence-corrected chi connectivity index (χ2v) is 5.90. The highest BCUT2D eigenvalue weighted by Crippen LogP contribution is 2.30. The first-order chi connectivity index (χ1) is 13.2. The van der Waals surface area contributed by atoms with Crippen molar-refractivity contribution in [1.82, 2.24) is 9.78 Å². The molecule has 0 saturated carbocycles. The molecule has 1 N–H and O–H groups in total. The summed E-state index contributed by atoms with van der Waals surface area (Å²) in [6.45, 7) is 2.67. The Morgan fingerprint density at radius 2 is 1.96 bits per heavy atom. The van der Waals surface area contributed by atoms with Gasteiger partial charge in [-0.3, -0.25) is 9.48 Å². The van der Waals surface area contributed by atoms with E-state index >= 15 is 0 Å². The zero-order valence-electron chi connectivity index (χ0n) is 15.9. The number of rotatable bonds is 8. The van der Waals surface area contributed by atoms with Gasteiger partial charge in [0.25, 0.3) is 5.91 Å². The predicted octanol–water partition coefficient (Wildman–Crippen LogP) is 3.33.